The molecule has 0 bridgehead atoms. The molecule has 3 atom stereocenters. The van der Waals surface area contributed by atoms with Crippen molar-refractivity contribution in [3.8, 4) is 0 Å². The highest BCUT2D eigenvalue weighted by Gasteiger charge is 2.37. The Kier molecular flexibility index (Phi) is 4.26. The zero-order chi connectivity index (χ0) is 14.8. The first-order valence-corrected chi connectivity index (χ1v) is 7.89. The van der Waals surface area contributed by atoms with E-state index in [1.54, 1.807) is 10.9 Å². The molecule has 0 spiro atoms. The number of carbonyl (C=O) groups excluding carboxylic acids is 1. The summed E-state index contributed by atoms with van der Waals surface area (Å²) >= 11 is 0. The third-order valence-electron chi connectivity index (χ3n) is 4.79. The molecule has 0 aliphatic carbocycles. The number of carbonyl (C=O) groups is 1. The predicted octanol–water partition coefficient (Wildman–Crippen LogP) is 0.424. The van der Waals surface area contributed by atoms with Crippen LogP contribution in [0.5, 0.6) is 0 Å². The molecule has 1 aromatic rings. The molecule has 1 amide bonds. The van der Waals surface area contributed by atoms with Crippen molar-refractivity contribution < 1.29 is 4.79 Å². The summed E-state index contributed by atoms with van der Waals surface area (Å²) in [6.07, 6.45) is 8.50. The highest BCUT2D eigenvalue weighted by molar-refractivity contribution is 5.83. The number of likely N-dealkylation sites (N-methyl/N-ethyl adjacent to an activating group) is 1. The highest BCUT2D eigenvalue weighted by atomic mass is 16.2. The zero-order valence-corrected chi connectivity index (χ0v) is 12.9. The van der Waals surface area contributed by atoms with Gasteiger partial charge >= 0.3 is 0 Å². The minimum absolute atomic E-state index is 0.0583. The number of amides is 1. The van der Waals surface area contributed by atoms with Gasteiger partial charge in [0.25, 0.3) is 0 Å². The number of hydrogen-bond acceptors (Lipinski definition) is 4. The first-order chi connectivity index (χ1) is 10.2. The van der Waals surface area contributed by atoms with Crippen molar-refractivity contribution in [2.45, 2.75) is 43.8 Å². The van der Waals surface area contributed by atoms with E-state index < -0.39 is 0 Å². The van der Waals surface area contributed by atoms with Crippen molar-refractivity contribution in [3.63, 3.8) is 0 Å². The molecule has 3 heterocycles. The molecule has 0 saturated carbocycles. The van der Waals surface area contributed by atoms with E-state index >= 15 is 0 Å². The highest BCUT2D eigenvalue weighted by Crippen LogP contribution is 2.27. The summed E-state index contributed by atoms with van der Waals surface area (Å²) in [4.78, 5) is 15.1. The minimum atomic E-state index is -0.323. The lowest BCUT2D eigenvalue weighted by Crippen LogP contribution is -2.49. The largest absolute Gasteiger partial charge is 0.350 e. The summed E-state index contributed by atoms with van der Waals surface area (Å²) in [6, 6.07) is 0.510. The van der Waals surface area contributed by atoms with Gasteiger partial charge in [0.05, 0.1) is 6.20 Å². The maximum Gasteiger partial charge on any atom is 0.242 e. The molecule has 2 aliphatic heterocycles. The molecule has 21 heavy (non-hydrogen) atoms. The molecule has 2 N–H and O–H groups in total. The summed E-state index contributed by atoms with van der Waals surface area (Å²) in [5.74, 6) is 0.0583. The van der Waals surface area contributed by atoms with E-state index in [1.807, 2.05) is 20.3 Å². The van der Waals surface area contributed by atoms with Crippen LogP contribution in [0.3, 0.4) is 0 Å². The molecule has 2 fully saturated rings. The van der Waals surface area contributed by atoms with Crippen LogP contribution in [0.25, 0.3) is 0 Å². The quantitative estimate of drug-likeness (QED) is 0.844. The average molecular weight is 291 g/mol. The second-order valence-electron chi connectivity index (χ2n) is 6.17. The van der Waals surface area contributed by atoms with E-state index in [2.05, 4.69) is 20.6 Å². The van der Waals surface area contributed by atoms with Crippen molar-refractivity contribution in [1.82, 2.24) is 25.3 Å². The average Bonchev–Trinajstić information content (AvgIpc) is 3.07. The Labute approximate surface area is 125 Å². The molecule has 0 radical (unpaired) electrons. The van der Waals surface area contributed by atoms with E-state index in [4.69, 9.17) is 0 Å². The summed E-state index contributed by atoms with van der Waals surface area (Å²) in [5, 5.41) is 10.5. The Hall–Kier alpha value is -1.40. The molecular formula is C15H25N5O. The van der Waals surface area contributed by atoms with E-state index in [0.717, 1.165) is 18.5 Å². The van der Waals surface area contributed by atoms with E-state index in [-0.39, 0.29) is 11.9 Å². The van der Waals surface area contributed by atoms with Crippen molar-refractivity contribution in [3.05, 3.63) is 18.0 Å². The van der Waals surface area contributed by atoms with E-state index in [0.29, 0.717) is 12.1 Å². The number of piperidine rings is 1. The Morgan fingerprint density at radius 3 is 2.95 bits per heavy atom. The van der Waals surface area contributed by atoms with E-state index in [9.17, 15) is 4.79 Å². The number of nitrogens with one attached hydrogen (secondary N) is 2. The van der Waals surface area contributed by atoms with Crippen molar-refractivity contribution in [2.75, 3.05) is 20.1 Å². The number of fused-ring (bicyclic) bond motifs is 1. The van der Waals surface area contributed by atoms with Gasteiger partial charge in [-0.1, -0.05) is 6.42 Å². The van der Waals surface area contributed by atoms with Crippen LogP contribution >= 0.6 is 0 Å². The number of nitrogens with zero attached hydrogens (tertiary/aromatic N) is 3. The summed E-state index contributed by atoms with van der Waals surface area (Å²) in [7, 11) is 3.68. The molecule has 2 aliphatic rings. The van der Waals surface area contributed by atoms with Gasteiger partial charge < -0.3 is 10.6 Å². The van der Waals surface area contributed by atoms with Gasteiger partial charge in [-0.15, -0.1) is 0 Å². The molecule has 1 aromatic heterocycles. The van der Waals surface area contributed by atoms with Gasteiger partial charge in [-0.05, 0) is 32.9 Å². The fraction of sp³-hybridized carbons (Fsp3) is 0.733. The Morgan fingerprint density at radius 2 is 2.24 bits per heavy atom. The minimum Gasteiger partial charge on any atom is -0.350 e. The molecule has 3 rings (SSSR count). The molecule has 6 heteroatoms. The van der Waals surface area contributed by atoms with Gasteiger partial charge in [-0.3, -0.25) is 14.4 Å². The topological polar surface area (TPSA) is 62.2 Å². The first kappa shape index (κ1) is 14.5. The maximum atomic E-state index is 12.6. The second kappa shape index (κ2) is 6.15. The van der Waals surface area contributed by atoms with Crippen molar-refractivity contribution in [2.24, 2.45) is 7.05 Å². The van der Waals surface area contributed by atoms with Crippen LogP contribution in [0.4, 0.5) is 0 Å². The lowest BCUT2D eigenvalue weighted by molar-refractivity contribution is -0.124. The summed E-state index contributed by atoms with van der Waals surface area (Å²) in [6.45, 7) is 2.31. The van der Waals surface area contributed by atoms with Crippen LogP contribution in [-0.4, -0.2) is 52.8 Å². The summed E-state index contributed by atoms with van der Waals surface area (Å²) < 4.78 is 1.73. The molecule has 116 valence electrons. The molecule has 6 nitrogen and oxygen atoms in total. The normalized spacial score (nSPS) is 27.3. The lowest BCUT2D eigenvalue weighted by atomic mass is 9.98. The van der Waals surface area contributed by atoms with Crippen LogP contribution < -0.4 is 10.6 Å². The standard InChI is InChI=1S/C15H25N5O/c1-16-14(11-9-17-19(2)10-11)15(21)18-12-6-8-20-7-4-3-5-13(12)20/h9-10,12-14,16H,3-8H2,1-2H3,(H,18,21). The number of hydrogen-bond donors (Lipinski definition) is 2. The van der Waals surface area contributed by atoms with Gasteiger partial charge in [0.15, 0.2) is 0 Å². The monoisotopic (exact) mass is 291 g/mol. The molecule has 0 aromatic carbocycles. The van der Waals surface area contributed by atoms with Gasteiger partial charge in [-0.25, -0.2) is 0 Å². The second-order valence-corrected chi connectivity index (χ2v) is 6.17. The lowest BCUT2D eigenvalue weighted by Gasteiger charge is -2.33. The Balaban J connectivity index is 1.65. The molecule has 3 unspecified atom stereocenters. The van der Waals surface area contributed by atoms with Crippen LogP contribution in [0.1, 0.15) is 37.3 Å². The van der Waals surface area contributed by atoms with Gasteiger partial charge in [-0.2, -0.15) is 5.10 Å². The van der Waals surface area contributed by atoms with Crippen LogP contribution in [0.15, 0.2) is 12.4 Å². The fourth-order valence-corrected chi connectivity index (χ4v) is 3.72. The first-order valence-electron chi connectivity index (χ1n) is 7.89. The Bertz CT molecular complexity index is 500. The maximum absolute atomic E-state index is 12.6. The van der Waals surface area contributed by atoms with Crippen LogP contribution in [0, 0.1) is 0 Å². The zero-order valence-electron chi connectivity index (χ0n) is 12.9. The van der Waals surface area contributed by atoms with Crippen molar-refractivity contribution >= 4 is 5.91 Å². The van der Waals surface area contributed by atoms with Gasteiger partial charge in [0, 0.05) is 37.4 Å². The van der Waals surface area contributed by atoms with Crippen LogP contribution in [0.2, 0.25) is 0 Å². The third-order valence-corrected chi connectivity index (χ3v) is 4.79. The number of rotatable bonds is 4. The molecule has 2 saturated heterocycles. The summed E-state index contributed by atoms with van der Waals surface area (Å²) in [5.41, 5.74) is 0.913. The smallest absolute Gasteiger partial charge is 0.242 e. The van der Waals surface area contributed by atoms with Gasteiger partial charge in [0.1, 0.15) is 6.04 Å². The SMILES string of the molecule is CNC(C(=O)NC1CCN2CCCCC12)c1cnn(C)c1. The Morgan fingerprint density at radius 1 is 1.38 bits per heavy atom. The number of aromatic nitrogens is 2. The van der Waals surface area contributed by atoms with Crippen molar-refractivity contribution in [1.29, 1.82) is 0 Å². The predicted molar refractivity (Wildman–Crippen MR) is 80.8 cm³/mol. The number of aryl methyl sites for hydroxylation is 1. The van der Waals surface area contributed by atoms with Crippen LogP contribution in [-0.2, 0) is 11.8 Å². The fourth-order valence-electron chi connectivity index (χ4n) is 3.72. The molecular weight excluding hydrogens is 266 g/mol. The van der Waals surface area contributed by atoms with E-state index in [1.165, 1.54) is 25.8 Å². The third kappa shape index (κ3) is 2.96. The van der Waals surface area contributed by atoms with Gasteiger partial charge in [0.2, 0.25) is 5.91 Å².